The van der Waals surface area contributed by atoms with Crippen LogP contribution in [0.25, 0.3) is 5.70 Å². The Balaban J connectivity index is 1.20. The molecule has 8 heteroatoms. The quantitative estimate of drug-likeness (QED) is 0.101. The smallest absolute Gasteiger partial charge is 0.262 e. The summed E-state index contributed by atoms with van der Waals surface area (Å²) in [6, 6.07) is 31.7. The van der Waals surface area contributed by atoms with Crippen LogP contribution in [-0.2, 0) is 32.5 Å². The van der Waals surface area contributed by atoms with E-state index in [1.807, 2.05) is 87.5 Å². The van der Waals surface area contributed by atoms with Crippen LogP contribution >= 0.6 is 0 Å². The fourth-order valence-corrected chi connectivity index (χ4v) is 7.26. The Morgan fingerprint density at radius 2 is 1.54 bits per heavy atom. The van der Waals surface area contributed by atoms with Gasteiger partial charge in [0.1, 0.15) is 30.3 Å². The van der Waals surface area contributed by atoms with Crippen molar-refractivity contribution in [2.24, 2.45) is 0 Å². The number of rotatable bonds is 17. The number of amides is 1. The summed E-state index contributed by atoms with van der Waals surface area (Å²) in [6.07, 6.45) is 4.13. The van der Waals surface area contributed by atoms with Crippen LogP contribution in [0.5, 0.6) is 23.0 Å². The summed E-state index contributed by atoms with van der Waals surface area (Å²) in [5, 5.41) is 9.98. The van der Waals surface area contributed by atoms with Crippen molar-refractivity contribution in [3.8, 4) is 23.0 Å². The van der Waals surface area contributed by atoms with Crippen molar-refractivity contribution in [2.45, 2.75) is 72.7 Å². The van der Waals surface area contributed by atoms with E-state index in [2.05, 4.69) is 56.2 Å². The molecule has 0 fully saturated rings. The third-order valence-electron chi connectivity index (χ3n) is 10.4. The van der Waals surface area contributed by atoms with Gasteiger partial charge in [0.25, 0.3) is 5.91 Å². The van der Waals surface area contributed by atoms with E-state index in [1.165, 1.54) is 11.3 Å². The van der Waals surface area contributed by atoms with Crippen LogP contribution in [0, 0.1) is 6.92 Å². The largest absolute Gasteiger partial charge is 0.493 e. The molecule has 0 spiro atoms. The zero-order valence-electron chi connectivity index (χ0n) is 34.1. The number of carbonyl (C=O) groups excluding carboxylic acids is 1. The van der Waals surface area contributed by atoms with Crippen molar-refractivity contribution in [1.29, 1.82) is 0 Å². The van der Waals surface area contributed by atoms with Gasteiger partial charge in [0.05, 0.1) is 19.4 Å². The third kappa shape index (κ3) is 9.19. The van der Waals surface area contributed by atoms with Gasteiger partial charge in [-0.1, -0.05) is 63.4 Å². The van der Waals surface area contributed by atoms with Crippen LogP contribution in [-0.4, -0.2) is 36.9 Å². The predicted octanol–water partition coefficient (Wildman–Crippen LogP) is 10.3. The van der Waals surface area contributed by atoms with E-state index < -0.39 is 5.60 Å². The van der Waals surface area contributed by atoms with E-state index in [9.17, 15) is 9.90 Å². The molecular formula is C49H54N2O6. The van der Waals surface area contributed by atoms with E-state index >= 15 is 0 Å². The minimum absolute atomic E-state index is 0.157. The second-order valence-electron chi connectivity index (χ2n) is 14.9. The lowest BCUT2D eigenvalue weighted by atomic mass is 10.0. The number of aryl methyl sites for hydroxylation is 3. The highest BCUT2D eigenvalue weighted by Crippen LogP contribution is 2.39. The van der Waals surface area contributed by atoms with Gasteiger partial charge in [-0.05, 0) is 134 Å². The summed E-state index contributed by atoms with van der Waals surface area (Å²) in [6.45, 7) is 19.4. The molecule has 8 nitrogen and oxygen atoms in total. The number of benzene rings is 5. The fraction of sp³-hybridized carbons (Fsp3) is 0.286. The number of anilines is 2. The van der Waals surface area contributed by atoms with E-state index in [0.29, 0.717) is 28.6 Å². The molecule has 1 amide bonds. The van der Waals surface area contributed by atoms with Gasteiger partial charge in [-0.2, -0.15) is 0 Å². The number of nitrogens with zero attached hydrogens (tertiary/aromatic N) is 2. The highest BCUT2D eigenvalue weighted by atomic mass is 16.5. The first kappa shape index (κ1) is 40.7. The molecule has 5 aromatic rings. The molecule has 0 radical (unpaired) electrons. The third-order valence-corrected chi connectivity index (χ3v) is 10.4. The second kappa shape index (κ2) is 17.9. The lowest BCUT2D eigenvalue weighted by molar-refractivity contribution is 0.0410. The first-order valence-corrected chi connectivity index (χ1v) is 19.6. The minimum Gasteiger partial charge on any atom is -0.493 e. The van der Waals surface area contributed by atoms with E-state index in [0.717, 1.165) is 70.6 Å². The minimum atomic E-state index is -0.804. The number of aliphatic hydroxyl groups excluding tert-OH is 1. The topological polar surface area (TPSA) is 80.7 Å². The van der Waals surface area contributed by atoms with Crippen molar-refractivity contribution in [3.05, 3.63) is 161 Å². The van der Waals surface area contributed by atoms with Gasteiger partial charge in [0.15, 0.2) is 11.5 Å². The molecule has 0 unspecified atom stereocenters. The van der Waals surface area contributed by atoms with Gasteiger partial charge in [0.2, 0.25) is 0 Å². The molecule has 6 rings (SSSR count). The molecule has 57 heavy (non-hydrogen) atoms. The summed E-state index contributed by atoms with van der Waals surface area (Å²) >= 11 is 0. The molecule has 1 N–H and O–H groups in total. The lowest BCUT2D eigenvalue weighted by Gasteiger charge is -2.25. The summed E-state index contributed by atoms with van der Waals surface area (Å²) in [5.41, 5.74) is 9.75. The van der Waals surface area contributed by atoms with E-state index in [-0.39, 0.29) is 25.7 Å². The van der Waals surface area contributed by atoms with Gasteiger partial charge in [-0.25, -0.2) is 0 Å². The molecule has 0 saturated heterocycles. The van der Waals surface area contributed by atoms with Gasteiger partial charge in [-0.3, -0.25) is 9.69 Å². The molecule has 0 atom stereocenters. The maximum Gasteiger partial charge on any atom is 0.262 e. The summed E-state index contributed by atoms with van der Waals surface area (Å²) in [7, 11) is 1.65. The van der Waals surface area contributed by atoms with Gasteiger partial charge >= 0.3 is 0 Å². The van der Waals surface area contributed by atoms with Crippen LogP contribution < -0.4 is 28.7 Å². The predicted molar refractivity (Wildman–Crippen MR) is 230 cm³/mol. The van der Waals surface area contributed by atoms with Crippen molar-refractivity contribution >= 4 is 23.0 Å². The zero-order valence-corrected chi connectivity index (χ0v) is 34.1. The Kier molecular flexibility index (Phi) is 12.7. The molecule has 0 aromatic heterocycles. The van der Waals surface area contributed by atoms with Crippen molar-refractivity contribution in [1.82, 2.24) is 0 Å². The molecule has 5 aromatic carbocycles. The molecule has 1 aliphatic heterocycles. The van der Waals surface area contributed by atoms with E-state index in [1.54, 1.807) is 24.3 Å². The molecule has 0 bridgehead atoms. The van der Waals surface area contributed by atoms with Crippen LogP contribution in [0.3, 0.4) is 0 Å². The standard InChI is InChI=1S/C49H54N2O6/c1-9-37-16-12-14-18-44(37)50(11-3)48(53)42-21-20-40(24-33(42)4)55-30-35-25-36(27-41(26-35)57-49(6,7)32-52)31-56-47-28-38(10-2)43(29-46(47)54-8)34(5)51-23-22-39-17-13-15-19-45(39)51/h11-21,24-29,52H,3,5,9-10,22-23,30-32H2,1-2,4,6-8H3. The van der Waals surface area contributed by atoms with Crippen LogP contribution in [0.2, 0.25) is 0 Å². The number of methoxy groups -OCH3 is 1. The average Bonchev–Trinajstić information content (AvgIpc) is 3.66. The number of carbonyl (C=O) groups is 1. The lowest BCUT2D eigenvalue weighted by Crippen LogP contribution is -2.32. The molecule has 296 valence electrons. The maximum absolute atomic E-state index is 13.7. The van der Waals surface area contributed by atoms with Gasteiger partial charge in [0, 0.05) is 35.3 Å². The zero-order chi connectivity index (χ0) is 40.7. The van der Waals surface area contributed by atoms with Crippen LogP contribution in [0.1, 0.15) is 77.0 Å². The van der Waals surface area contributed by atoms with Crippen LogP contribution in [0.15, 0.2) is 116 Å². The summed E-state index contributed by atoms with van der Waals surface area (Å²) in [5.74, 6) is 2.30. The van der Waals surface area contributed by atoms with Crippen molar-refractivity contribution in [2.75, 3.05) is 30.1 Å². The number of para-hydroxylation sites is 2. The monoisotopic (exact) mass is 766 g/mol. The molecule has 1 heterocycles. The highest BCUT2D eigenvalue weighted by molar-refractivity contribution is 6.08. The normalized spacial score (nSPS) is 12.2. The van der Waals surface area contributed by atoms with Gasteiger partial charge < -0.3 is 29.0 Å². The van der Waals surface area contributed by atoms with Crippen molar-refractivity contribution < 1.29 is 28.8 Å². The van der Waals surface area contributed by atoms with Crippen LogP contribution in [0.4, 0.5) is 11.4 Å². The second-order valence-corrected chi connectivity index (χ2v) is 14.9. The number of aliphatic hydroxyl groups is 1. The first-order valence-electron chi connectivity index (χ1n) is 19.6. The van der Waals surface area contributed by atoms with E-state index in [4.69, 9.17) is 18.9 Å². The number of fused-ring (bicyclic) bond motifs is 1. The number of hydrogen-bond acceptors (Lipinski definition) is 7. The number of ether oxygens (including phenoxy) is 4. The Morgan fingerprint density at radius 1 is 0.842 bits per heavy atom. The molecule has 0 aliphatic carbocycles. The Hall–Kier alpha value is -5.99. The Labute approximate surface area is 337 Å². The molecular weight excluding hydrogens is 713 g/mol. The van der Waals surface area contributed by atoms with Crippen molar-refractivity contribution in [3.63, 3.8) is 0 Å². The molecule has 1 aliphatic rings. The fourth-order valence-electron chi connectivity index (χ4n) is 7.26. The number of hydrogen-bond donors (Lipinski definition) is 1. The average molecular weight is 767 g/mol. The summed E-state index contributed by atoms with van der Waals surface area (Å²) < 4.78 is 24.9. The summed E-state index contributed by atoms with van der Waals surface area (Å²) in [4.78, 5) is 17.6. The maximum atomic E-state index is 13.7. The molecule has 0 saturated carbocycles. The Bertz CT molecular complexity index is 2260. The van der Waals surface area contributed by atoms with Gasteiger partial charge in [-0.15, -0.1) is 0 Å². The first-order chi connectivity index (χ1) is 27.5. The highest BCUT2D eigenvalue weighted by Gasteiger charge is 2.25. The Morgan fingerprint density at radius 3 is 2.23 bits per heavy atom. The SMILES string of the molecule is C=CN(C(=O)c1ccc(OCc2cc(COc3cc(CC)c(C(=C)N4CCc5ccccc54)cc3OC)cc(OC(C)(C)CO)c2)cc1C)c1ccccc1CC.